The van der Waals surface area contributed by atoms with Gasteiger partial charge in [0.1, 0.15) is 0 Å². The fourth-order valence-corrected chi connectivity index (χ4v) is 3.58. The van der Waals surface area contributed by atoms with Crippen molar-refractivity contribution in [1.29, 1.82) is 0 Å². The SMILES string of the molecule is Cc1ccc(C(=O)NCC(c2ccc(N(C)C)cc2)N2CCN(C)CC2)cc1. The maximum absolute atomic E-state index is 12.6. The Labute approximate surface area is 168 Å². The molecule has 150 valence electrons. The lowest BCUT2D eigenvalue weighted by Gasteiger charge is -2.38. The number of hydrogen-bond donors (Lipinski definition) is 1. The van der Waals surface area contributed by atoms with Gasteiger partial charge >= 0.3 is 0 Å². The topological polar surface area (TPSA) is 38.8 Å². The second kappa shape index (κ2) is 9.22. The predicted molar refractivity (Wildman–Crippen MR) is 116 cm³/mol. The van der Waals surface area contributed by atoms with Crippen molar-refractivity contribution in [3.63, 3.8) is 0 Å². The summed E-state index contributed by atoms with van der Waals surface area (Å²) in [6.07, 6.45) is 0. The second-order valence-electron chi connectivity index (χ2n) is 7.92. The summed E-state index contributed by atoms with van der Waals surface area (Å²) in [6.45, 7) is 6.77. The van der Waals surface area contributed by atoms with Gasteiger partial charge in [-0.3, -0.25) is 9.69 Å². The fourth-order valence-electron chi connectivity index (χ4n) is 3.58. The summed E-state index contributed by atoms with van der Waals surface area (Å²) in [5, 5.41) is 3.16. The molecule has 5 heteroatoms. The molecule has 1 atom stereocenters. The number of carbonyl (C=O) groups is 1. The van der Waals surface area contributed by atoms with Gasteiger partial charge in [0.05, 0.1) is 6.04 Å². The minimum Gasteiger partial charge on any atom is -0.378 e. The molecule has 2 aromatic carbocycles. The van der Waals surface area contributed by atoms with Crippen LogP contribution >= 0.6 is 0 Å². The first kappa shape index (κ1) is 20.4. The minimum absolute atomic E-state index is 0.0101. The molecule has 0 radical (unpaired) electrons. The van der Waals surface area contributed by atoms with Crippen LogP contribution in [0.1, 0.15) is 27.5 Å². The van der Waals surface area contributed by atoms with Crippen molar-refractivity contribution in [3.8, 4) is 0 Å². The van der Waals surface area contributed by atoms with Crippen LogP contribution in [0.25, 0.3) is 0 Å². The zero-order chi connectivity index (χ0) is 20.1. The number of carbonyl (C=O) groups excluding carboxylic acids is 1. The monoisotopic (exact) mass is 380 g/mol. The largest absolute Gasteiger partial charge is 0.378 e. The van der Waals surface area contributed by atoms with Crippen molar-refractivity contribution < 1.29 is 4.79 Å². The van der Waals surface area contributed by atoms with E-state index < -0.39 is 0 Å². The Balaban J connectivity index is 1.74. The summed E-state index contributed by atoms with van der Waals surface area (Å²) >= 11 is 0. The van der Waals surface area contributed by atoms with Crippen LogP contribution < -0.4 is 10.2 Å². The summed E-state index contributed by atoms with van der Waals surface area (Å²) in [4.78, 5) is 19.6. The summed E-state index contributed by atoms with van der Waals surface area (Å²) in [5.41, 5.74) is 4.31. The van der Waals surface area contributed by atoms with Crippen LogP contribution in [0.4, 0.5) is 5.69 Å². The Morgan fingerprint density at radius 2 is 1.61 bits per heavy atom. The number of anilines is 1. The van der Waals surface area contributed by atoms with Crippen molar-refractivity contribution in [2.24, 2.45) is 0 Å². The molecule has 1 fully saturated rings. The fraction of sp³-hybridized carbons (Fsp3) is 0.435. The average molecular weight is 381 g/mol. The molecule has 5 nitrogen and oxygen atoms in total. The summed E-state index contributed by atoms with van der Waals surface area (Å²) in [6, 6.07) is 16.6. The third-order valence-electron chi connectivity index (χ3n) is 5.54. The Hall–Kier alpha value is -2.37. The number of aryl methyl sites for hydroxylation is 1. The molecule has 1 heterocycles. The molecule has 0 aliphatic carbocycles. The van der Waals surface area contributed by atoms with Crippen LogP contribution in [-0.2, 0) is 0 Å². The van der Waals surface area contributed by atoms with E-state index in [4.69, 9.17) is 0 Å². The maximum Gasteiger partial charge on any atom is 0.251 e. The molecule has 2 aromatic rings. The summed E-state index contributed by atoms with van der Waals surface area (Å²) in [7, 11) is 6.26. The second-order valence-corrected chi connectivity index (χ2v) is 7.92. The lowest BCUT2D eigenvalue weighted by molar-refractivity contribution is 0.0886. The van der Waals surface area contributed by atoms with Gasteiger partial charge in [0.25, 0.3) is 5.91 Å². The Morgan fingerprint density at radius 3 is 2.18 bits per heavy atom. The molecular formula is C23H32N4O. The number of rotatable bonds is 6. The van der Waals surface area contributed by atoms with E-state index in [2.05, 4.69) is 65.4 Å². The third kappa shape index (κ3) is 5.12. The predicted octanol–water partition coefficient (Wildman–Crippen LogP) is 2.78. The van der Waals surface area contributed by atoms with Gasteiger partial charge in [-0.2, -0.15) is 0 Å². The third-order valence-corrected chi connectivity index (χ3v) is 5.54. The quantitative estimate of drug-likeness (QED) is 0.836. The molecule has 0 saturated carbocycles. The van der Waals surface area contributed by atoms with Crippen LogP contribution in [0, 0.1) is 6.92 Å². The zero-order valence-corrected chi connectivity index (χ0v) is 17.5. The van der Waals surface area contributed by atoms with Gasteiger partial charge in [0.2, 0.25) is 0 Å². The molecule has 1 saturated heterocycles. The Morgan fingerprint density at radius 1 is 1.00 bits per heavy atom. The van der Waals surface area contributed by atoms with Crippen LogP contribution in [0.15, 0.2) is 48.5 Å². The van der Waals surface area contributed by atoms with Crippen LogP contribution in [0.2, 0.25) is 0 Å². The standard InChI is InChI=1S/C23H32N4O/c1-18-5-7-20(8-6-18)23(28)24-17-22(27-15-13-26(4)14-16-27)19-9-11-21(12-10-19)25(2)3/h5-12,22H,13-17H2,1-4H3,(H,24,28). The Bertz CT molecular complexity index is 762. The molecule has 0 bridgehead atoms. The number of piperazine rings is 1. The van der Waals surface area contributed by atoms with E-state index in [-0.39, 0.29) is 11.9 Å². The van der Waals surface area contributed by atoms with Crippen molar-refractivity contribution in [2.75, 3.05) is 58.8 Å². The lowest BCUT2D eigenvalue weighted by atomic mass is 10.0. The number of likely N-dealkylation sites (N-methyl/N-ethyl adjacent to an activating group) is 1. The van der Waals surface area contributed by atoms with Gasteiger partial charge in [-0.1, -0.05) is 29.8 Å². The summed E-state index contributed by atoms with van der Waals surface area (Å²) < 4.78 is 0. The molecule has 0 spiro atoms. The van der Waals surface area contributed by atoms with Crippen molar-refractivity contribution >= 4 is 11.6 Å². The van der Waals surface area contributed by atoms with Crippen molar-refractivity contribution in [2.45, 2.75) is 13.0 Å². The van der Waals surface area contributed by atoms with Crippen LogP contribution in [-0.4, -0.2) is 69.6 Å². The van der Waals surface area contributed by atoms with Gasteiger partial charge in [-0.25, -0.2) is 0 Å². The molecule has 0 aromatic heterocycles. The van der Waals surface area contributed by atoms with Gasteiger partial charge in [0.15, 0.2) is 0 Å². The van der Waals surface area contributed by atoms with Crippen LogP contribution in [0.3, 0.4) is 0 Å². The number of nitrogens with zero attached hydrogens (tertiary/aromatic N) is 3. The van der Waals surface area contributed by atoms with E-state index in [1.807, 2.05) is 31.2 Å². The van der Waals surface area contributed by atoms with E-state index in [0.29, 0.717) is 12.1 Å². The molecule has 3 rings (SSSR count). The van der Waals surface area contributed by atoms with Gasteiger partial charge in [-0.15, -0.1) is 0 Å². The van der Waals surface area contributed by atoms with E-state index in [1.54, 1.807) is 0 Å². The molecule has 1 amide bonds. The van der Waals surface area contributed by atoms with E-state index in [1.165, 1.54) is 11.3 Å². The first-order valence-corrected chi connectivity index (χ1v) is 9.99. The van der Waals surface area contributed by atoms with Crippen LogP contribution in [0.5, 0.6) is 0 Å². The number of amides is 1. The molecule has 1 unspecified atom stereocenters. The Kier molecular flexibility index (Phi) is 6.70. The molecule has 1 aliphatic rings. The molecule has 1 aliphatic heterocycles. The highest BCUT2D eigenvalue weighted by molar-refractivity contribution is 5.94. The van der Waals surface area contributed by atoms with Gasteiger partial charge in [-0.05, 0) is 43.8 Å². The summed E-state index contributed by atoms with van der Waals surface area (Å²) in [5.74, 6) is -0.0101. The minimum atomic E-state index is -0.0101. The van der Waals surface area contributed by atoms with E-state index in [0.717, 1.165) is 31.7 Å². The van der Waals surface area contributed by atoms with Gasteiger partial charge in [0, 0.05) is 58.1 Å². The normalized spacial score (nSPS) is 16.6. The van der Waals surface area contributed by atoms with Crippen molar-refractivity contribution in [1.82, 2.24) is 15.1 Å². The highest BCUT2D eigenvalue weighted by Crippen LogP contribution is 2.24. The lowest BCUT2D eigenvalue weighted by Crippen LogP contribution is -2.48. The smallest absolute Gasteiger partial charge is 0.251 e. The van der Waals surface area contributed by atoms with Crippen molar-refractivity contribution in [3.05, 3.63) is 65.2 Å². The number of hydrogen-bond acceptors (Lipinski definition) is 4. The molecule has 1 N–H and O–H groups in total. The number of benzene rings is 2. The molecule has 28 heavy (non-hydrogen) atoms. The first-order valence-electron chi connectivity index (χ1n) is 9.99. The first-order chi connectivity index (χ1) is 13.4. The maximum atomic E-state index is 12.6. The molecular weight excluding hydrogens is 348 g/mol. The van der Waals surface area contributed by atoms with E-state index >= 15 is 0 Å². The highest BCUT2D eigenvalue weighted by atomic mass is 16.1. The number of nitrogens with one attached hydrogen (secondary N) is 1. The van der Waals surface area contributed by atoms with Gasteiger partial charge < -0.3 is 15.1 Å². The zero-order valence-electron chi connectivity index (χ0n) is 17.5. The highest BCUT2D eigenvalue weighted by Gasteiger charge is 2.24. The van der Waals surface area contributed by atoms with E-state index in [9.17, 15) is 4.79 Å². The average Bonchev–Trinajstić information content (AvgIpc) is 2.70.